The zero-order chi connectivity index (χ0) is 24.8. The van der Waals surface area contributed by atoms with Gasteiger partial charge in [-0.2, -0.15) is 0 Å². The molecule has 6 heteroatoms. The Balaban J connectivity index is 0.00000361. The summed E-state index contributed by atoms with van der Waals surface area (Å²) in [6.45, 7) is 15.6. The molecule has 5 nitrogen and oxygen atoms in total. The zero-order valence-corrected chi connectivity index (χ0v) is 23.0. The number of nitrogens with zero attached hydrogens (tertiary/aromatic N) is 3. The number of unbranched alkanes of at least 4 members (excludes halogenated alkanes) is 1. The molecule has 1 aliphatic heterocycles. The molecule has 36 heavy (non-hydrogen) atoms. The maximum absolute atomic E-state index is 12.9. The van der Waals surface area contributed by atoms with Crippen LogP contribution in [0.3, 0.4) is 0 Å². The van der Waals surface area contributed by atoms with Crippen molar-refractivity contribution in [1.29, 1.82) is 0 Å². The smallest absolute Gasteiger partial charge is 0.253 e. The summed E-state index contributed by atoms with van der Waals surface area (Å²) in [5.41, 5.74) is 8.22. The van der Waals surface area contributed by atoms with Crippen LogP contribution < -0.4 is 10.2 Å². The Morgan fingerprint density at radius 3 is 2.33 bits per heavy atom. The van der Waals surface area contributed by atoms with Gasteiger partial charge in [-0.1, -0.05) is 42.5 Å². The van der Waals surface area contributed by atoms with E-state index in [1.54, 1.807) is 0 Å². The summed E-state index contributed by atoms with van der Waals surface area (Å²) in [5, 5.41) is 3.15. The molecule has 0 unspecified atom stereocenters. The van der Waals surface area contributed by atoms with E-state index in [-0.39, 0.29) is 18.3 Å². The molecule has 1 N–H and O–H groups in total. The van der Waals surface area contributed by atoms with Gasteiger partial charge in [-0.3, -0.25) is 9.69 Å². The van der Waals surface area contributed by atoms with Crippen LogP contribution in [-0.4, -0.2) is 54.6 Å². The minimum Gasteiger partial charge on any atom is -0.369 e. The Morgan fingerprint density at radius 1 is 0.917 bits per heavy atom. The minimum absolute atomic E-state index is 0. The second-order valence-corrected chi connectivity index (χ2v) is 9.65. The van der Waals surface area contributed by atoms with Crippen LogP contribution in [0.2, 0.25) is 0 Å². The van der Waals surface area contributed by atoms with Gasteiger partial charge in [0.1, 0.15) is 0 Å². The van der Waals surface area contributed by atoms with Crippen LogP contribution in [0, 0.1) is 20.8 Å². The van der Waals surface area contributed by atoms with E-state index in [1.807, 2.05) is 31.2 Å². The number of amides is 1. The Morgan fingerprint density at radius 2 is 1.64 bits per heavy atom. The molecule has 0 saturated carbocycles. The molecule has 2 aromatic carbocycles. The third-order valence-electron chi connectivity index (χ3n) is 7.47. The maximum atomic E-state index is 12.9. The van der Waals surface area contributed by atoms with Gasteiger partial charge < -0.3 is 14.8 Å². The van der Waals surface area contributed by atoms with Gasteiger partial charge in [-0.25, -0.2) is 0 Å². The van der Waals surface area contributed by atoms with Crippen molar-refractivity contribution in [3.8, 4) is 11.3 Å². The lowest BCUT2D eigenvalue weighted by Crippen LogP contribution is -2.47. The quantitative estimate of drug-likeness (QED) is 0.368. The lowest BCUT2D eigenvalue weighted by atomic mass is 10.1. The summed E-state index contributed by atoms with van der Waals surface area (Å²) < 4.78 is 2.22. The largest absolute Gasteiger partial charge is 0.369 e. The zero-order valence-electron chi connectivity index (χ0n) is 22.2. The molecule has 0 aliphatic carbocycles. The predicted molar refractivity (Wildman–Crippen MR) is 154 cm³/mol. The minimum atomic E-state index is 0. The van der Waals surface area contributed by atoms with Gasteiger partial charge in [0.2, 0.25) is 0 Å². The Hall–Kier alpha value is -2.76. The number of benzene rings is 2. The Labute approximate surface area is 222 Å². The van der Waals surface area contributed by atoms with Crippen LogP contribution >= 0.6 is 12.4 Å². The van der Waals surface area contributed by atoms with E-state index < -0.39 is 0 Å². The van der Waals surface area contributed by atoms with Gasteiger partial charge in [0.05, 0.1) is 5.56 Å². The molecule has 1 aromatic heterocycles. The van der Waals surface area contributed by atoms with Crippen molar-refractivity contribution in [2.45, 2.75) is 47.1 Å². The Bertz CT molecular complexity index is 1130. The number of hydrogen-bond acceptors (Lipinski definition) is 3. The number of carbonyl (C=O) groups is 1. The fourth-order valence-corrected chi connectivity index (χ4v) is 5.18. The first-order valence-electron chi connectivity index (χ1n) is 13.1. The van der Waals surface area contributed by atoms with E-state index in [9.17, 15) is 4.79 Å². The standard InChI is InChI=1S/C30H40N4O.ClH/c1-5-34-25(4)27(22-29(34)26-13-7-6-8-14-26)30(35)31-16-9-10-17-32-18-20-33(21-19-32)28-15-11-12-23(2)24(28)3;/h6-8,11-15,22H,5,9-10,16-21H2,1-4H3,(H,31,35);1H. The van der Waals surface area contributed by atoms with E-state index >= 15 is 0 Å². The number of anilines is 1. The van der Waals surface area contributed by atoms with Crippen LogP contribution in [0.4, 0.5) is 5.69 Å². The van der Waals surface area contributed by atoms with E-state index in [0.29, 0.717) is 0 Å². The molecule has 0 radical (unpaired) electrons. The summed E-state index contributed by atoms with van der Waals surface area (Å²) in [7, 11) is 0. The molecular weight excluding hydrogens is 468 g/mol. The first-order chi connectivity index (χ1) is 17.0. The highest BCUT2D eigenvalue weighted by atomic mass is 35.5. The van der Waals surface area contributed by atoms with Gasteiger partial charge in [-0.05, 0) is 75.9 Å². The summed E-state index contributed by atoms with van der Waals surface area (Å²) in [5.74, 6) is 0.0361. The number of nitrogens with one attached hydrogen (secondary N) is 1. The second-order valence-electron chi connectivity index (χ2n) is 9.65. The van der Waals surface area contributed by atoms with Crippen LogP contribution in [0.15, 0.2) is 54.6 Å². The SMILES string of the molecule is CCn1c(-c2ccccc2)cc(C(=O)NCCCCN2CCN(c3cccc(C)c3C)CC2)c1C.Cl. The van der Waals surface area contributed by atoms with Crippen LogP contribution in [-0.2, 0) is 6.54 Å². The molecule has 0 bridgehead atoms. The van der Waals surface area contributed by atoms with Gasteiger partial charge in [0, 0.05) is 56.3 Å². The monoisotopic (exact) mass is 508 g/mol. The lowest BCUT2D eigenvalue weighted by Gasteiger charge is -2.37. The highest BCUT2D eigenvalue weighted by molar-refractivity contribution is 5.97. The topological polar surface area (TPSA) is 40.5 Å². The van der Waals surface area contributed by atoms with Gasteiger partial charge in [0.15, 0.2) is 0 Å². The normalized spacial score (nSPS) is 13.9. The van der Waals surface area contributed by atoms with Crippen molar-refractivity contribution in [3.05, 3.63) is 77.0 Å². The van der Waals surface area contributed by atoms with Gasteiger partial charge >= 0.3 is 0 Å². The summed E-state index contributed by atoms with van der Waals surface area (Å²) in [6, 6.07) is 19.0. The third kappa shape index (κ3) is 6.32. The van der Waals surface area contributed by atoms with E-state index in [4.69, 9.17) is 0 Å². The fraction of sp³-hybridized carbons (Fsp3) is 0.433. The molecule has 0 atom stereocenters. The molecule has 1 aliphatic rings. The molecule has 0 spiro atoms. The average Bonchev–Trinajstić information content (AvgIpc) is 3.22. The number of aryl methyl sites for hydroxylation is 1. The van der Waals surface area contributed by atoms with Crippen molar-refractivity contribution in [1.82, 2.24) is 14.8 Å². The number of carbonyl (C=O) groups excluding carboxylic acids is 1. The molecule has 1 amide bonds. The molecule has 4 rings (SSSR count). The number of piperazine rings is 1. The molecule has 1 fully saturated rings. The second kappa shape index (κ2) is 13.0. The first-order valence-corrected chi connectivity index (χ1v) is 13.1. The third-order valence-corrected chi connectivity index (χ3v) is 7.47. The number of hydrogen-bond donors (Lipinski definition) is 1. The van der Waals surface area contributed by atoms with Crippen molar-refractivity contribution in [2.75, 3.05) is 44.2 Å². The molecule has 3 aromatic rings. The van der Waals surface area contributed by atoms with Crippen LogP contribution in [0.5, 0.6) is 0 Å². The van der Waals surface area contributed by atoms with Gasteiger partial charge in [0.25, 0.3) is 5.91 Å². The van der Waals surface area contributed by atoms with Crippen molar-refractivity contribution >= 4 is 24.0 Å². The predicted octanol–water partition coefficient (Wildman–Crippen LogP) is 5.85. The molecule has 2 heterocycles. The van der Waals surface area contributed by atoms with E-state index in [1.165, 1.54) is 16.8 Å². The molecular formula is C30H41ClN4O. The van der Waals surface area contributed by atoms with Crippen molar-refractivity contribution < 1.29 is 4.79 Å². The van der Waals surface area contributed by atoms with E-state index in [0.717, 1.165) is 81.2 Å². The highest BCUT2D eigenvalue weighted by Gasteiger charge is 2.19. The summed E-state index contributed by atoms with van der Waals surface area (Å²) in [6.07, 6.45) is 2.11. The van der Waals surface area contributed by atoms with Crippen LogP contribution in [0.1, 0.15) is 46.9 Å². The van der Waals surface area contributed by atoms with Gasteiger partial charge in [-0.15, -0.1) is 12.4 Å². The van der Waals surface area contributed by atoms with E-state index in [2.05, 4.69) is 70.8 Å². The number of rotatable bonds is 9. The van der Waals surface area contributed by atoms with Crippen molar-refractivity contribution in [2.24, 2.45) is 0 Å². The number of aromatic nitrogens is 1. The number of halogens is 1. The van der Waals surface area contributed by atoms with Crippen LogP contribution in [0.25, 0.3) is 11.3 Å². The Kier molecular flexibility index (Phi) is 10.0. The highest BCUT2D eigenvalue weighted by Crippen LogP contribution is 2.26. The molecule has 1 saturated heterocycles. The maximum Gasteiger partial charge on any atom is 0.253 e. The van der Waals surface area contributed by atoms with Crippen molar-refractivity contribution in [3.63, 3.8) is 0 Å². The summed E-state index contributed by atoms with van der Waals surface area (Å²) >= 11 is 0. The molecule has 194 valence electrons. The first kappa shape index (κ1) is 27.8. The fourth-order valence-electron chi connectivity index (χ4n) is 5.18. The average molecular weight is 509 g/mol. The summed E-state index contributed by atoms with van der Waals surface area (Å²) in [4.78, 5) is 18.0. The lowest BCUT2D eigenvalue weighted by molar-refractivity contribution is 0.0952.